The Hall–Kier alpha value is -3.52. The summed E-state index contributed by atoms with van der Waals surface area (Å²) in [6, 6.07) is 35.1. The molecule has 0 saturated carbocycles. The monoisotopic (exact) mass is 446 g/mol. The third-order valence-corrected chi connectivity index (χ3v) is 6.46. The van der Waals surface area contributed by atoms with Crippen molar-refractivity contribution >= 4 is 21.8 Å². The summed E-state index contributed by atoms with van der Waals surface area (Å²) in [6.45, 7) is 13.8. The van der Waals surface area contributed by atoms with Crippen LogP contribution >= 0.6 is 0 Å². The third-order valence-electron chi connectivity index (χ3n) is 6.46. The van der Waals surface area contributed by atoms with Gasteiger partial charge < -0.3 is 0 Å². The molecular formula is C32H34N2+2. The maximum absolute atomic E-state index is 2.54. The van der Waals surface area contributed by atoms with Crippen molar-refractivity contribution in [1.82, 2.24) is 0 Å². The maximum Gasteiger partial charge on any atom is 0.286 e. The third kappa shape index (κ3) is 3.77. The lowest BCUT2D eigenvalue weighted by atomic mass is 9.97. The molecule has 170 valence electrons. The van der Waals surface area contributed by atoms with Crippen LogP contribution in [0.4, 0.5) is 0 Å². The minimum Gasteiger partial charge on any atom is -0.181 e. The molecule has 0 fully saturated rings. The highest BCUT2D eigenvalue weighted by Gasteiger charge is 2.37. The van der Waals surface area contributed by atoms with Crippen LogP contribution in [-0.2, 0) is 11.1 Å². The zero-order valence-corrected chi connectivity index (χ0v) is 21.1. The smallest absolute Gasteiger partial charge is 0.181 e. The fourth-order valence-corrected chi connectivity index (χ4v) is 5.14. The largest absolute Gasteiger partial charge is 0.286 e. The molecule has 2 heteroatoms. The van der Waals surface area contributed by atoms with Crippen LogP contribution in [0.15, 0.2) is 97.1 Å². The van der Waals surface area contributed by atoms with Gasteiger partial charge in [0.2, 0.25) is 11.4 Å². The Morgan fingerprint density at radius 2 is 0.735 bits per heavy atom. The van der Waals surface area contributed by atoms with Gasteiger partial charge in [0.15, 0.2) is 11.1 Å². The van der Waals surface area contributed by atoms with Crippen LogP contribution in [0.25, 0.3) is 44.3 Å². The number of hydrogen-bond donors (Lipinski definition) is 0. The number of pyridine rings is 2. The molecule has 3 aromatic carbocycles. The van der Waals surface area contributed by atoms with Crippen LogP contribution in [0.2, 0.25) is 0 Å². The summed E-state index contributed by atoms with van der Waals surface area (Å²) in [5.74, 6) is 0. The van der Waals surface area contributed by atoms with E-state index in [2.05, 4.69) is 148 Å². The molecule has 0 atom stereocenters. The Bertz CT molecular complexity index is 1370. The van der Waals surface area contributed by atoms with E-state index in [1.165, 1.54) is 44.3 Å². The number of fused-ring (bicyclic) bond motifs is 3. The van der Waals surface area contributed by atoms with E-state index in [4.69, 9.17) is 0 Å². The molecule has 0 aliphatic heterocycles. The first kappa shape index (κ1) is 22.3. The van der Waals surface area contributed by atoms with Crippen molar-refractivity contribution in [2.24, 2.45) is 0 Å². The normalized spacial score (nSPS) is 12.4. The Morgan fingerprint density at radius 3 is 1.06 bits per heavy atom. The van der Waals surface area contributed by atoms with Gasteiger partial charge in [0, 0.05) is 64.8 Å². The molecule has 2 heterocycles. The van der Waals surface area contributed by atoms with Crippen molar-refractivity contribution < 1.29 is 9.13 Å². The molecule has 2 nitrogen and oxygen atoms in total. The SMILES string of the molecule is CC(C)(C)[n+]1c(-c2ccccc2)ccc2ccc3ccc(-c4ccccc4)[n+](C(C)(C)C)c3c21. The molecule has 34 heavy (non-hydrogen) atoms. The standard InChI is InChI=1S/C32H34N2/c1-31(2,3)33-27(23-13-9-7-10-14-23)21-19-25-17-18-26-20-22-28(24-15-11-8-12-16-24)34(32(4,5)6)30(26)29(25)33/h7-22H,1-6H3/q+2. The summed E-state index contributed by atoms with van der Waals surface area (Å²) in [4.78, 5) is 0. The number of nitrogens with zero attached hydrogens (tertiary/aromatic N) is 2. The van der Waals surface area contributed by atoms with Crippen molar-refractivity contribution in [3.8, 4) is 22.5 Å². The molecular weight excluding hydrogens is 412 g/mol. The summed E-state index contributed by atoms with van der Waals surface area (Å²) >= 11 is 0. The summed E-state index contributed by atoms with van der Waals surface area (Å²) in [5, 5.41) is 2.51. The maximum atomic E-state index is 2.54. The van der Waals surface area contributed by atoms with E-state index in [1.54, 1.807) is 0 Å². The molecule has 2 aromatic heterocycles. The fraction of sp³-hybridized carbons (Fsp3) is 0.250. The van der Waals surface area contributed by atoms with Gasteiger partial charge in [-0.25, -0.2) is 0 Å². The number of benzene rings is 3. The molecule has 0 N–H and O–H groups in total. The first-order valence-electron chi connectivity index (χ1n) is 12.1. The van der Waals surface area contributed by atoms with Crippen molar-refractivity contribution in [3.05, 3.63) is 97.1 Å². The van der Waals surface area contributed by atoms with Crippen molar-refractivity contribution in [2.75, 3.05) is 0 Å². The molecule has 0 spiro atoms. The lowest BCUT2D eigenvalue weighted by molar-refractivity contribution is -0.737. The van der Waals surface area contributed by atoms with Crippen molar-refractivity contribution in [3.63, 3.8) is 0 Å². The minimum atomic E-state index is -0.114. The average Bonchev–Trinajstić information content (AvgIpc) is 2.82. The van der Waals surface area contributed by atoms with Gasteiger partial charge in [0.05, 0.1) is 10.8 Å². The summed E-state index contributed by atoms with van der Waals surface area (Å²) < 4.78 is 5.08. The minimum absolute atomic E-state index is 0.114. The lowest BCUT2D eigenvalue weighted by Crippen LogP contribution is -2.56. The highest BCUT2D eigenvalue weighted by atomic mass is 15.1. The van der Waals surface area contributed by atoms with Crippen LogP contribution in [0.3, 0.4) is 0 Å². The second-order valence-electron chi connectivity index (χ2n) is 11.1. The van der Waals surface area contributed by atoms with E-state index in [0.29, 0.717) is 0 Å². The van der Waals surface area contributed by atoms with E-state index in [0.717, 1.165) is 0 Å². The van der Waals surface area contributed by atoms with Crippen molar-refractivity contribution in [1.29, 1.82) is 0 Å². The molecule has 0 radical (unpaired) electrons. The molecule has 0 bridgehead atoms. The second-order valence-corrected chi connectivity index (χ2v) is 11.1. The Balaban J connectivity index is 2.04. The predicted molar refractivity (Wildman–Crippen MR) is 143 cm³/mol. The van der Waals surface area contributed by atoms with E-state index < -0.39 is 0 Å². The predicted octanol–water partition coefficient (Wildman–Crippen LogP) is 7.41. The van der Waals surface area contributed by atoms with E-state index in [-0.39, 0.29) is 11.1 Å². The molecule has 5 aromatic rings. The van der Waals surface area contributed by atoms with Crippen LogP contribution in [0.5, 0.6) is 0 Å². The van der Waals surface area contributed by atoms with E-state index in [9.17, 15) is 0 Å². The van der Waals surface area contributed by atoms with Crippen LogP contribution < -0.4 is 9.13 Å². The zero-order valence-electron chi connectivity index (χ0n) is 21.1. The molecule has 0 aliphatic carbocycles. The Kier molecular flexibility index (Phi) is 5.28. The quantitative estimate of drug-likeness (QED) is 0.197. The van der Waals surface area contributed by atoms with Crippen LogP contribution in [0, 0.1) is 0 Å². The topological polar surface area (TPSA) is 7.76 Å². The number of rotatable bonds is 2. The zero-order chi connectivity index (χ0) is 24.1. The van der Waals surface area contributed by atoms with Gasteiger partial charge in [-0.2, -0.15) is 9.13 Å². The fourth-order valence-electron chi connectivity index (χ4n) is 5.14. The lowest BCUT2D eigenvalue weighted by Gasteiger charge is -2.22. The first-order chi connectivity index (χ1) is 16.2. The highest BCUT2D eigenvalue weighted by molar-refractivity contribution is 6.00. The molecule has 0 amide bonds. The van der Waals surface area contributed by atoms with Gasteiger partial charge in [0.25, 0.3) is 11.0 Å². The molecule has 0 saturated heterocycles. The van der Waals surface area contributed by atoms with Gasteiger partial charge in [-0.15, -0.1) is 0 Å². The van der Waals surface area contributed by atoms with Gasteiger partial charge in [-0.1, -0.05) is 36.4 Å². The Labute approximate surface area is 203 Å². The van der Waals surface area contributed by atoms with Crippen molar-refractivity contribution in [2.45, 2.75) is 52.6 Å². The summed E-state index contributed by atoms with van der Waals surface area (Å²) in [5.41, 5.74) is 7.26. The first-order valence-corrected chi connectivity index (χ1v) is 12.1. The summed E-state index contributed by atoms with van der Waals surface area (Å²) in [7, 11) is 0. The van der Waals surface area contributed by atoms with Gasteiger partial charge in [-0.3, -0.25) is 0 Å². The van der Waals surface area contributed by atoms with Gasteiger partial charge in [0.1, 0.15) is 0 Å². The summed E-state index contributed by atoms with van der Waals surface area (Å²) in [6.07, 6.45) is 0. The number of hydrogen-bond acceptors (Lipinski definition) is 0. The highest BCUT2D eigenvalue weighted by Crippen LogP contribution is 2.30. The average molecular weight is 447 g/mol. The van der Waals surface area contributed by atoms with E-state index in [1.807, 2.05) is 0 Å². The Morgan fingerprint density at radius 1 is 0.412 bits per heavy atom. The molecule has 0 aliphatic rings. The second kappa shape index (κ2) is 8.06. The van der Waals surface area contributed by atoms with Crippen LogP contribution in [-0.4, -0.2) is 0 Å². The van der Waals surface area contributed by atoms with Gasteiger partial charge in [-0.05, 0) is 48.5 Å². The van der Waals surface area contributed by atoms with Gasteiger partial charge >= 0.3 is 0 Å². The molecule has 0 unspecified atom stereocenters. The number of aromatic nitrogens is 2. The van der Waals surface area contributed by atoms with E-state index >= 15 is 0 Å². The van der Waals surface area contributed by atoms with Crippen LogP contribution in [0.1, 0.15) is 41.5 Å². The molecule has 5 rings (SSSR count).